The maximum Gasteiger partial charge on any atom is 0.350 e. The topological polar surface area (TPSA) is 98.6 Å². The fourth-order valence-electron chi connectivity index (χ4n) is 3.94. The van der Waals surface area contributed by atoms with Crippen LogP contribution >= 0.6 is 34.9 Å². The average molecular weight is 523 g/mol. The molecule has 0 aliphatic carbocycles. The number of nitrogens with zero attached hydrogens (tertiary/aromatic N) is 5. The second-order valence-electron chi connectivity index (χ2n) is 7.52. The van der Waals surface area contributed by atoms with E-state index in [9.17, 15) is 4.79 Å². The minimum Gasteiger partial charge on any atom is -0.465 e. The first-order chi connectivity index (χ1) is 17.1. The molecule has 35 heavy (non-hydrogen) atoms. The molecule has 0 bridgehead atoms. The highest BCUT2D eigenvalue weighted by Gasteiger charge is 2.25. The quantitative estimate of drug-likeness (QED) is 0.207. The second-order valence-corrected chi connectivity index (χ2v) is 10.8. The number of H-pyrrole nitrogens is 1. The number of benzene rings is 2. The summed E-state index contributed by atoms with van der Waals surface area (Å²) in [7, 11) is 1.42. The number of thioether (sulfide) groups is 2. The Morgan fingerprint density at radius 1 is 1.14 bits per heavy atom. The van der Waals surface area contributed by atoms with Crippen LogP contribution in [0.3, 0.4) is 0 Å². The van der Waals surface area contributed by atoms with Crippen LogP contribution in [0.2, 0.25) is 0 Å². The van der Waals surface area contributed by atoms with E-state index in [0.717, 1.165) is 48.4 Å². The van der Waals surface area contributed by atoms with Gasteiger partial charge in [0.05, 0.1) is 23.4 Å². The van der Waals surface area contributed by atoms with Crippen molar-refractivity contribution in [3.8, 4) is 22.5 Å². The third-order valence-electron chi connectivity index (χ3n) is 5.50. The van der Waals surface area contributed by atoms with Crippen LogP contribution in [0.25, 0.3) is 33.5 Å². The molecule has 0 spiro atoms. The number of aromatic amines is 1. The Morgan fingerprint density at radius 2 is 1.91 bits per heavy atom. The van der Waals surface area contributed by atoms with Gasteiger partial charge in [0.2, 0.25) is 0 Å². The summed E-state index contributed by atoms with van der Waals surface area (Å²) in [5.74, 6) is 1.18. The molecule has 0 aliphatic rings. The van der Waals surface area contributed by atoms with Crippen molar-refractivity contribution in [2.45, 2.75) is 22.8 Å². The largest absolute Gasteiger partial charge is 0.465 e. The predicted octanol–water partition coefficient (Wildman–Crippen LogP) is 5.61. The number of thiophene rings is 1. The molecule has 3 aromatic heterocycles. The van der Waals surface area contributed by atoms with Crippen molar-refractivity contribution >= 4 is 51.9 Å². The lowest BCUT2D eigenvalue weighted by atomic mass is 9.98. The normalized spacial score (nSPS) is 11.3. The zero-order valence-corrected chi connectivity index (χ0v) is 21.8. The highest BCUT2D eigenvalue weighted by atomic mass is 32.2. The Hall–Kier alpha value is -3.15. The number of carbonyl (C=O) groups is 1. The summed E-state index contributed by atoms with van der Waals surface area (Å²) in [5, 5.41) is 15.2. The summed E-state index contributed by atoms with van der Waals surface area (Å²) in [6, 6.07) is 16.4. The van der Waals surface area contributed by atoms with Gasteiger partial charge in [0.15, 0.2) is 11.0 Å². The molecule has 0 amide bonds. The first kappa shape index (κ1) is 23.6. The zero-order valence-electron chi connectivity index (χ0n) is 19.3. The van der Waals surface area contributed by atoms with Gasteiger partial charge in [-0.2, -0.15) is 0 Å². The third-order valence-corrected chi connectivity index (χ3v) is 8.61. The molecule has 11 heteroatoms. The number of imidazole rings is 1. The lowest BCUT2D eigenvalue weighted by Crippen LogP contribution is -2.06. The van der Waals surface area contributed by atoms with Gasteiger partial charge in [-0.25, -0.2) is 14.9 Å². The van der Waals surface area contributed by atoms with Crippen LogP contribution in [0, 0.1) is 0 Å². The van der Waals surface area contributed by atoms with Crippen molar-refractivity contribution in [2.24, 2.45) is 0 Å². The van der Waals surface area contributed by atoms with Gasteiger partial charge >= 0.3 is 5.97 Å². The maximum absolute atomic E-state index is 12.6. The van der Waals surface area contributed by atoms with Crippen LogP contribution < -0.4 is 0 Å². The van der Waals surface area contributed by atoms with E-state index in [4.69, 9.17) is 9.72 Å². The van der Waals surface area contributed by atoms with Crippen LogP contribution in [0.5, 0.6) is 0 Å². The molecule has 0 radical (unpaired) electrons. The number of hydrogen-bond acceptors (Lipinski definition) is 9. The molecule has 8 nitrogen and oxygen atoms in total. The van der Waals surface area contributed by atoms with Crippen molar-refractivity contribution < 1.29 is 9.53 Å². The van der Waals surface area contributed by atoms with Crippen molar-refractivity contribution in [2.75, 3.05) is 19.1 Å². The van der Waals surface area contributed by atoms with E-state index in [1.807, 2.05) is 24.5 Å². The fraction of sp³-hybridized carbons (Fsp3) is 0.208. The van der Waals surface area contributed by atoms with Gasteiger partial charge in [-0.3, -0.25) is 0 Å². The Morgan fingerprint density at radius 3 is 2.57 bits per heavy atom. The van der Waals surface area contributed by atoms with Gasteiger partial charge in [-0.1, -0.05) is 67.2 Å². The van der Waals surface area contributed by atoms with Crippen molar-refractivity contribution in [3.05, 3.63) is 59.0 Å². The highest BCUT2D eigenvalue weighted by Crippen LogP contribution is 2.40. The Kier molecular flexibility index (Phi) is 6.89. The van der Waals surface area contributed by atoms with Crippen LogP contribution in [0.15, 0.2) is 57.9 Å². The van der Waals surface area contributed by atoms with Crippen LogP contribution in [-0.4, -0.2) is 55.3 Å². The predicted molar refractivity (Wildman–Crippen MR) is 141 cm³/mol. The monoisotopic (exact) mass is 522 g/mol. The molecule has 0 atom stereocenters. The summed E-state index contributed by atoms with van der Waals surface area (Å²) < 4.78 is 8.23. The highest BCUT2D eigenvalue weighted by molar-refractivity contribution is 8.00. The van der Waals surface area contributed by atoms with Gasteiger partial charge in [0, 0.05) is 5.56 Å². The van der Waals surface area contributed by atoms with Gasteiger partial charge in [0.25, 0.3) is 0 Å². The van der Waals surface area contributed by atoms with Crippen LogP contribution in [0.1, 0.15) is 22.2 Å². The molecule has 178 valence electrons. The molecule has 0 aliphatic heterocycles. The first-order valence-corrected chi connectivity index (χ1v) is 13.9. The number of esters is 1. The van der Waals surface area contributed by atoms with Crippen molar-refractivity contribution in [1.82, 2.24) is 30.2 Å². The number of tetrazole rings is 1. The van der Waals surface area contributed by atoms with Crippen LogP contribution in [-0.2, 0) is 11.3 Å². The molecule has 3 heterocycles. The molecular weight excluding hydrogens is 501 g/mol. The zero-order chi connectivity index (χ0) is 24.4. The van der Waals surface area contributed by atoms with Crippen LogP contribution in [0.4, 0.5) is 0 Å². The summed E-state index contributed by atoms with van der Waals surface area (Å²) >= 11 is 4.71. The molecule has 0 fully saturated rings. The lowest BCUT2D eigenvalue weighted by Gasteiger charge is -2.11. The first-order valence-electron chi connectivity index (χ1n) is 10.8. The van der Waals surface area contributed by atoms with E-state index < -0.39 is 0 Å². The van der Waals surface area contributed by atoms with Gasteiger partial charge in [-0.15, -0.1) is 28.2 Å². The molecule has 0 saturated heterocycles. The molecule has 1 N–H and O–H groups in total. The molecule has 0 unspecified atom stereocenters. The molecule has 2 aromatic carbocycles. The number of aromatic nitrogens is 6. The third kappa shape index (κ3) is 4.46. The van der Waals surface area contributed by atoms with E-state index in [1.54, 1.807) is 23.5 Å². The van der Waals surface area contributed by atoms with Crippen molar-refractivity contribution in [3.63, 3.8) is 0 Å². The number of carbonyl (C=O) groups excluding carboxylic acids is 1. The average Bonchev–Trinajstić information content (AvgIpc) is 3.62. The van der Waals surface area contributed by atoms with E-state index in [2.05, 4.69) is 62.4 Å². The van der Waals surface area contributed by atoms with Gasteiger partial charge in [0.1, 0.15) is 10.4 Å². The fourth-order valence-corrected chi connectivity index (χ4v) is 6.48. The Labute approximate surface area is 214 Å². The Bertz CT molecular complexity index is 1480. The van der Waals surface area contributed by atoms with Crippen molar-refractivity contribution in [1.29, 1.82) is 0 Å². The molecule has 5 aromatic rings. The van der Waals surface area contributed by atoms with Gasteiger partial charge in [-0.05, 0) is 39.1 Å². The number of hydrogen-bond donors (Lipinski definition) is 1. The van der Waals surface area contributed by atoms with E-state index >= 15 is 0 Å². The smallest absolute Gasteiger partial charge is 0.350 e. The maximum atomic E-state index is 12.6. The molecule has 5 rings (SSSR count). The van der Waals surface area contributed by atoms with E-state index in [1.165, 1.54) is 18.4 Å². The van der Waals surface area contributed by atoms with Gasteiger partial charge < -0.3 is 9.30 Å². The minimum absolute atomic E-state index is 0.330. The summed E-state index contributed by atoms with van der Waals surface area (Å²) in [6.07, 6.45) is 2.00. The SMILES string of the molecule is CCSc1nc2c(SC)sc(C(=O)OC)c2n1Cc1ccc(-c2ccccc2-c2nnn[nH]2)cc1. The number of fused-ring (bicyclic) bond motifs is 1. The number of ether oxygens (including phenoxy) is 1. The Balaban J connectivity index is 1.53. The minimum atomic E-state index is -0.330. The second kappa shape index (κ2) is 10.2. The summed E-state index contributed by atoms with van der Waals surface area (Å²) in [6.45, 7) is 2.70. The molecule has 0 saturated carbocycles. The molecular formula is C24H22N6O2S3. The standard InChI is InChI=1S/C24H22N6O2S3/c1-4-34-24-25-18-19(20(22(31)32-2)35-23(18)33-3)30(24)13-14-9-11-15(12-10-14)16-7-5-6-8-17(16)21-26-28-29-27-21/h5-12H,4,13H2,1-3H3,(H,26,27,28,29). The number of rotatable bonds is 8. The summed E-state index contributed by atoms with van der Waals surface area (Å²) in [4.78, 5) is 18.1. The lowest BCUT2D eigenvalue weighted by molar-refractivity contribution is 0.0608. The summed E-state index contributed by atoms with van der Waals surface area (Å²) in [5.41, 5.74) is 5.86. The van der Waals surface area contributed by atoms with E-state index in [-0.39, 0.29) is 5.97 Å². The van der Waals surface area contributed by atoms with E-state index in [0.29, 0.717) is 17.2 Å². The number of methoxy groups -OCH3 is 1. The number of nitrogens with one attached hydrogen (secondary N) is 1.